The molecule has 1 aliphatic heterocycles. The van der Waals surface area contributed by atoms with Crippen molar-refractivity contribution in [1.29, 1.82) is 0 Å². The fourth-order valence-corrected chi connectivity index (χ4v) is 2.65. The molecule has 1 aromatic rings. The predicted molar refractivity (Wildman–Crippen MR) is 66.6 cm³/mol. The Balaban J connectivity index is 1.86. The van der Waals surface area contributed by atoms with Gasteiger partial charge in [0.2, 0.25) is 11.8 Å². The Morgan fingerprint density at radius 3 is 3.06 bits per heavy atom. The summed E-state index contributed by atoms with van der Waals surface area (Å²) in [7, 11) is 0. The van der Waals surface area contributed by atoms with Gasteiger partial charge in [0, 0.05) is 13.0 Å². The lowest BCUT2D eigenvalue weighted by atomic mass is 9.98. The molecule has 0 aromatic carbocycles. The number of piperidine rings is 1. The molecule has 5 heteroatoms. The number of nitrogens with one attached hydrogen (secondary N) is 2. The van der Waals surface area contributed by atoms with Gasteiger partial charge in [-0.05, 0) is 35.7 Å². The molecular formula is C12H16N2O2S. The number of rotatable bonds is 3. The van der Waals surface area contributed by atoms with Crippen molar-refractivity contribution in [2.45, 2.75) is 25.8 Å². The van der Waals surface area contributed by atoms with E-state index in [0.29, 0.717) is 19.4 Å². The van der Waals surface area contributed by atoms with Gasteiger partial charge in [-0.3, -0.25) is 9.59 Å². The predicted octanol–water partition coefficient (Wildman–Crippen LogP) is 1.45. The zero-order chi connectivity index (χ0) is 12.3. The first-order valence-corrected chi connectivity index (χ1v) is 6.70. The van der Waals surface area contributed by atoms with Crippen LogP contribution in [0.4, 0.5) is 0 Å². The highest BCUT2D eigenvalue weighted by atomic mass is 32.1. The van der Waals surface area contributed by atoms with Crippen LogP contribution in [0.2, 0.25) is 0 Å². The van der Waals surface area contributed by atoms with Gasteiger partial charge >= 0.3 is 0 Å². The lowest BCUT2D eigenvalue weighted by Crippen LogP contribution is -2.43. The molecule has 2 unspecified atom stereocenters. The third-order valence-electron chi connectivity index (χ3n) is 3.04. The smallest absolute Gasteiger partial charge is 0.225 e. The number of thiophene rings is 1. The molecule has 1 fully saturated rings. The fourth-order valence-electron chi connectivity index (χ4n) is 1.89. The topological polar surface area (TPSA) is 58.2 Å². The third kappa shape index (κ3) is 3.06. The monoisotopic (exact) mass is 252 g/mol. The van der Waals surface area contributed by atoms with Crippen LogP contribution in [0.5, 0.6) is 0 Å². The summed E-state index contributed by atoms with van der Waals surface area (Å²) >= 11 is 1.62. The Labute approximate surface area is 104 Å². The highest BCUT2D eigenvalue weighted by Crippen LogP contribution is 2.17. The number of carbonyl (C=O) groups is 2. The minimum Gasteiger partial charge on any atom is -0.355 e. The summed E-state index contributed by atoms with van der Waals surface area (Å²) in [6.45, 7) is 2.43. The standard InChI is InChI=1S/C12H16N2O2S/c1-8(10-4-5-17-7-10)14-12(16)9-2-3-11(15)13-6-9/h4-5,7-9H,2-3,6H2,1H3,(H,13,15)(H,14,16). The van der Waals surface area contributed by atoms with Gasteiger partial charge in [-0.25, -0.2) is 0 Å². The highest BCUT2D eigenvalue weighted by molar-refractivity contribution is 7.07. The molecule has 2 amide bonds. The van der Waals surface area contributed by atoms with Crippen molar-refractivity contribution >= 4 is 23.2 Å². The van der Waals surface area contributed by atoms with Crippen LogP contribution in [0.3, 0.4) is 0 Å². The van der Waals surface area contributed by atoms with Crippen LogP contribution >= 0.6 is 11.3 Å². The van der Waals surface area contributed by atoms with E-state index >= 15 is 0 Å². The molecule has 1 saturated heterocycles. The number of hydrogen-bond donors (Lipinski definition) is 2. The molecule has 17 heavy (non-hydrogen) atoms. The maximum absolute atomic E-state index is 12.0. The van der Waals surface area contributed by atoms with E-state index in [1.165, 1.54) is 0 Å². The minimum absolute atomic E-state index is 0.0312. The van der Waals surface area contributed by atoms with E-state index in [1.54, 1.807) is 11.3 Å². The second kappa shape index (κ2) is 5.31. The molecule has 2 atom stereocenters. The Hall–Kier alpha value is -1.36. The normalized spacial score (nSPS) is 21.7. The average molecular weight is 252 g/mol. The number of carbonyl (C=O) groups excluding carboxylic acids is 2. The van der Waals surface area contributed by atoms with E-state index in [0.717, 1.165) is 5.56 Å². The summed E-state index contributed by atoms with van der Waals surface area (Å²) in [4.78, 5) is 23.0. The van der Waals surface area contributed by atoms with E-state index < -0.39 is 0 Å². The van der Waals surface area contributed by atoms with Crippen molar-refractivity contribution in [2.75, 3.05) is 6.54 Å². The van der Waals surface area contributed by atoms with Crippen LogP contribution in [0.15, 0.2) is 16.8 Å². The van der Waals surface area contributed by atoms with Crippen molar-refractivity contribution in [3.8, 4) is 0 Å². The Kier molecular flexibility index (Phi) is 3.78. The van der Waals surface area contributed by atoms with E-state index in [-0.39, 0.29) is 23.8 Å². The van der Waals surface area contributed by atoms with Gasteiger partial charge in [0.1, 0.15) is 0 Å². The summed E-state index contributed by atoms with van der Waals surface area (Å²) < 4.78 is 0. The van der Waals surface area contributed by atoms with Crippen LogP contribution in [-0.2, 0) is 9.59 Å². The molecule has 0 saturated carbocycles. The molecule has 0 radical (unpaired) electrons. The molecule has 92 valence electrons. The largest absolute Gasteiger partial charge is 0.355 e. The summed E-state index contributed by atoms with van der Waals surface area (Å²) in [5.41, 5.74) is 1.13. The summed E-state index contributed by atoms with van der Waals surface area (Å²) in [6.07, 6.45) is 1.10. The number of amides is 2. The molecule has 2 heterocycles. The summed E-state index contributed by atoms with van der Waals surface area (Å²) in [5, 5.41) is 9.74. The third-order valence-corrected chi connectivity index (χ3v) is 3.74. The van der Waals surface area contributed by atoms with Gasteiger partial charge < -0.3 is 10.6 Å². The van der Waals surface area contributed by atoms with E-state index in [1.807, 2.05) is 23.8 Å². The van der Waals surface area contributed by atoms with Gasteiger partial charge in [-0.15, -0.1) is 0 Å². The van der Waals surface area contributed by atoms with Gasteiger partial charge in [0.25, 0.3) is 0 Å². The van der Waals surface area contributed by atoms with Gasteiger partial charge in [-0.2, -0.15) is 11.3 Å². The zero-order valence-corrected chi connectivity index (χ0v) is 10.5. The van der Waals surface area contributed by atoms with Gasteiger partial charge in [0.15, 0.2) is 0 Å². The molecule has 1 aliphatic rings. The molecule has 4 nitrogen and oxygen atoms in total. The Morgan fingerprint density at radius 2 is 2.47 bits per heavy atom. The SMILES string of the molecule is CC(NC(=O)C1CCC(=O)NC1)c1ccsc1. The van der Waals surface area contributed by atoms with E-state index in [2.05, 4.69) is 10.6 Å². The molecule has 2 rings (SSSR count). The highest BCUT2D eigenvalue weighted by Gasteiger charge is 2.25. The average Bonchev–Trinajstić information content (AvgIpc) is 2.83. The summed E-state index contributed by atoms with van der Waals surface area (Å²) in [5.74, 6) is -0.0163. The maximum Gasteiger partial charge on any atom is 0.225 e. The van der Waals surface area contributed by atoms with Gasteiger partial charge in [0.05, 0.1) is 12.0 Å². The molecule has 2 N–H and O–H groups in total. The van der Waals surface area contributed by atoms with Crippen molar-refractivity contribution in [2.24, 2.45) is 5.92 Å². The first kappa shape index (κ1) is 12.1. The van der Waals surface area contributed by atoms with Crippen molar-refractivity contribution in [3.05, 3.63) is 22.4 Å². The van der Waals surface area contributed by atoms with Gasteiger partial charge in [-0.1, -0.05) is 0 Å². The van der Waals surface area contributed by atoms with Crippen molar-refractivity contribution in [1.82, 2.24) is 10.6 Å². The van der Waals surface area contributed by atoms with E-state index in [4.69, 9.17) is 0 Å². The van der Waals surface area contributed by atoms with E-state index in [9.17, 15) is 9.59 Å². The first-order valence-electron chi connectivity index (χ1n) is 5.76. The molecular weight excluding hydrogens is 236 g/mol. The van der Waals surface area contributed by atoms with Crippen LogP contribution < -0.4 is 10.6 Å². The number of hydrogen-bond acceptors (Lipinski definition) is 3. The lowest BCUT2D eigenvalue weighted by molar-refractivity contribution is -0.129. The van der Waals surface area contributed by atoms with Crippen LogP contribution in [0.25, 0.3) is 0 Å². The molecule has 0 bridgehead atoms. The molecule has 0 spiro atoms. The Bertz CT molecular complexity index is 393. The van der Waals surface area contributed by atoms with Crippen LogP contribution in [0, 0.1) is 5.92 Å². The van der Waals surface area contributed by atoms with Crippen molar-refractivity contribution < 1.29 is 9.59 Å². The first-order chi connectivity index (χ1) is 8.16. The van der Waals surface area contributed by atoms with Crippen molar-refractivity contribution in [3.63, 3.8) is 0 Å². The Morgan fingerprint density at radius 1 is 1.65 bits per heavy atom. The molecule has 1 aromatic heterocycles. The maximum atomic E-state index is 12.0. The summed E-state index contributed by atoms with van der Waals surface area (Å²) in [6, 6.07) is 2.05. The van der Waals surface area contributed by atoms with Crippen LogP contribution in [-0.4, -0.2) is 18.4 Å². The second-order valence-corrected chi connectivity index (χ2v) is 5.11. The minimum atomic E-state index is -0.0891. The lowest BCUT2D eigenvalue weighted by Gasteiger charge is -2.23. The fraction of sp³-hybridized carbons (Fsp3) is 0.500. The quantitative estimate of drug-likeness (QED) is 0.855. The molecule has 0 aliphatic carbocycles. The second-order valence-electron chi connectivity index (χ2n) is 4.33. The zero-order valence-electron chi connectivity index (χ0n) is 9.73. The van der Waals surface area contributed by atoms with Crippen LogP contribution in [0.1, 0.15) is 31.4 Å².